The largest absolute Gasteiger partial charge is 0.443 e. The highest BCUT2D eigenvalue weighted by molar-refractivity contribution is 6.12. The Morgan fingerprint density at radius 2 is 2.00 bits per heavy atom. The van der Waals surface area contributed by atoms with Gasteiger partial charge >= 0.3 is 6.09 Å². The first-order valence-corrected chi connectivity index (χ1v) is 13.8. The second kappa shape index (κ2) is 10.3. The number of fused-ring (bicyclic) bond motifs is 2. The number of aryl methyl sites for hydroxylation is 1. The minimum atomic E-state index is -0.744. The molecule has 212 valence electrons. The summed E-state index contributed by atoms with van der Waals surface area (Å²) >= 11 is 0. The molecule has 3 N–H and O–H groups in total. The number of hydrogen-bond acceptors (Lipinski definition) is 8. The first kappa shape index (κ1) is 26.9. The summed E-state index contributed by atoms with van der Waals surface area (Å²) < 4.78 is 13.1. The lowest BCUT2D eigenvalue weighted by atomic mass is 9.94. The number of pyridine rings is 2. The molecule has 0 saturated carbocycles. The van der Waals surface area contributed by atoms with E-state index in [0.717, 1.165) is 56.9 Å². The molecule has 0 radical (unpaired) electrons. The highest BCUT2D eigenvalue weighted by Crippen LogP contribution is 2.41. The van der Waals surface area contributed by atoms with Crippen LogP contribution >= 0.6 is 0 Å². The molecule has 4 aromatic rings. The Morgan fingerprint density at radius 3 is 2.73 bits per heavy atom. The van der Waals surface area contributed by atoms with Crippen LogP contribution in [0.4, 0.5) is 16.3 Å². The van der Waals surface area contributed by atoms with Crippen molar-refractivity contribution in [1.82, 2.24) is 19.4 Å². The molecule has 0 aliphatic carbocycles. The SMILES string of the molecule is Cn1ccc2c(-c3ccc(Nc4ccc([C@H]5CCOC5)c(CN)n4)c4c3CN(C(=O)OC(C)(C)C)C4=O)ccnc21. The van der Waals surface area contributed by atoms with Crippen molar-refractivity contribution in [2.75, 3.05) is 18.5 Å². The van der Waals surface area contributed by atoms with E-state index in [4.69, 9.17) is 20.2 Å². The fourth-order valence-electron chi connectivity index (χ4n) is 5.68. The highest BCUT2D eigenvalue weighted by atomic mass is 16.6. The molecule has 0 bridgehead atoms. The molecule has 2 aliphatic heterocycles. The lowest BCUT2D eigenvalue weighted by molar-refractivity contribution is 0.0248. The van der Waals surface area contributed by atoms with Gasteiger partial charge in [-0.05, 0) is 73.7 Å². The maximum absolute atomic E-state index is 13.9. The summed E-state index contributed by atoms with van der Waals surface area (Å²) in [6, 6.07) is 11.7. The topological polar surface area (TPSA) is 125 Å². The molecular weight excluding hydrogens is 520 g/mol. The van der Waals surface area contributed by atoms with Gasteiger partial charge in [0.25, 0.3) is 5.91 Å². The predicted octanol–water partition coefficient (Wildman–Crippen LogP) is 5.23. The number of nitrogens with one attached hydrogen (secondary N) is 1. The number of hydrogen-bond donors (Lipinski definition) is 2. The zero-order valence-corrected chi connectivity index (χ0v) is 23.7. The van der Waals surface area contributed by atoms with Gasteiger partial charge in [0.15, 0.2) is 0 Å². The summed E-state index contributed by atoms with van der Waals surface area (Å²) in [5, 5.41) is 4.30. The van der Waals surface area contributed by atoms with Crippen LogP contribution in [0.25, 0.3) is 22.2 Å². The lowest BCUT2D eigenvalue weighted by Crippen LogP contribution is -2.37. The number of benzene rings is 1. The smallest absolute Gasteiger partial charge is 0.417 e. The van der Waals surface area contributed by atoms with Crippen LogP contribution in [0.2, 0.25) is 0 Å². The van der Waals surface area contributed by atoms with E-state index in [1.807, 2.05) is 54.2 Å². The number of aromatic nitrogens is 3. The van der Waals surface area contributed by atoms with E-state index in [1.165, 1.54) is 0 Å². The number of nitrogens with two attached hydrogens (primary N) is 1. The summed E-state index contributed by atoms with van der Waals surface area (Å²) in [5.74, 6) is 0.425. The van der Waals surface area contributed by atoms with Crippen molar-refractivity contribution < 1.29 is 19.1 Å². The normalized spacial score (nSPS) is 16.9. The fourth-order valence-corrected chi connectivity index (χ4v) is 5.68. The van der Waals surface area contributed by atoms with Gasteiger partial charge in [0, 0.05) is 43.9 Å². The zero-order chi connectivity index (χ0) is 28.9. The summed E-state index contributed by atoms with van der Waals surface area (Å²) in [6.07, 6.45) is 3.97. The van der Waals surface area contributed by atoms with Gasteiger partial charge in [-0.3, -0.25) is 4.79 Å². The van der Waals surface area contributed by atoms with E-state index in [9.17, 15) is 9.59 Å². The molecule has 1 aromatic carbocycles. The number of nitrogens with zero attached hydrogens (tertiary/aromatic N) is 4. The average molecular weight is 555 g/mol. The van der Waals surface area contributed by atoms with Crippen molar-refractivity contribution in [3.63, 3.8) is 0 Å². The highest BCUT2D eigenvalue weighted by Gasteiger charge is 2.39. The van der Waals surface area contributed by atoms with Crippen LogP contribution < -0.4 is 11.1 Å². The van der Waals surface area contributed by atoms with Crippen molar-refractivity contribution in [2.24, 2.45) is 12.8 Å². The van der Waals surface area contributed by atoms with Gasteiger partial charge in [-0.25, -0.2) is 19.7 Å². The molecule has 1 saturated heterocycles. The van der Waals surface area contributed by atoms with Gasteiger partial charge in [-0.15, -0.1) is 0 Å². The molecule has 1 atom stereocenters. The first-order valence-electron chi connectivity index (χ1n) is 13.8. The van der Waals surface area contributed by atoms with Gasteiger partial charge < -0.3 is 25.1 Å². The Hall–Kier alpha value is -4.28. The first-order chi connectivity index (χ1) is 19.6. The molecule has 2 aliphatic rings. The van der Waals surface area contributed by atoms with Crippen LogP contribution in [0, 0.1) is 0 Å². The van der Waals surface area contributed by atoms with Crippen LogP contribution in [0.5, 0.6) is 0 Å². The molecule has 0 spiro atoms. The van der Waals surface area contributed by atoms with Crippen LogP contribution in [-0.2, 0) is 29.6 Å². The molecule has 5 heterocycles. The van der Waals surface area contributed by atoms with Crippen LogP contribution in [0.1, 0.15) is 60.3 Å². The molecule has 0 unspecified atom stereocenters. The quantitative estimate of drug-likeness (QED) is 0.344. The van der Waals surface area contributed by atoms with Crippen LogP contribution in [0.15, 0.2) is 48.8 Å². The standard InChI is InChI=1S/C31H34N6O4/c1-31(2,3)41-30(39)37-16-23-20(21-9-12-33-28-22(21)10-13-36(28)4)5-7-24(27(23)29(37)38)34-26-8-6-19(25(15-32)35-26)18-11-14-40-17-18/h5-10,12-13,18H,11,14-17,32H2,1-4H3,(H,34,35)/t18-/m0/s1. The van der Waals surface area contributed by atoms with E-state index in [0.29, 0.717) is 30.2 Å². The maximum atomic E-state index is 13.9. The van der Waals surface area contributed by atoms with Crippen molar-refractivity contribution in [2.45, 2.75) is 51.8 Å². The summed E-state index contributed by atoms with van der Waals surface area (Å²) in [7, 11) is 1.94. The number of carbonyl (C=O) groups is 2. The zero-order valence-electron chi connectivity index (χ0n) is 23.7. The Bertz CT molecular complexity index is 1670. The van der Waals surface area contributed by atoms with Crippen molar-refractivity contribution in [3.05, 3.63) is 71.2 Å². The van der Waals surface area contributed by atoms with Crippen molar-refractivity contribution in [1.29, 1.82) is 0 Å². The van der Waals surface area contributed by atoms with E-state index in [1.54, 1.807) is 27.0 Å². The third-order valence-corrected chi connectivity index (χ3v) is 7.60. The van der Waals surface area contributed by atoms with Crippen molar-refractivity contribution >= 4 is 34.5 Å². The number of imide groups is 1. The molecular formula is C31H34N6O4. The van der Waals surface area contributed by atoms with Gasteiger partial charge in [0.05, 0.1) is 30.1 Å². The number of rotatable bonds is 5. The minimum Gasteiger partial charge on any atom is -0.443 e. The molecule has 6 rings (SSSR count). The Morgan fingerprint density at radius 1 is 1.17 bits per heavy atom. The molecule has 10 heteroatoms. The molecule has 2 amide bonds. The average Bonchev–Trinajstić information content (AvgIpc) is 3.68. The third-order valence-electron chi connectivity index (χ3n) is 7.60. The Labute approximate surface area is 238 Å². The Kier molecular flexibility index (Phi) is 6.75. The maximum Gasteiger partial charge on any atom is 0.417 e. The number of amides is 2. The van der Waals surface area contributed by atoms with Gasteiger partial charge in [0.1, 0.15) is 17.1 Å². The van der Waals surface area contributed by atoms with Gasteiger partial charge in [-0.1, -0.05) is 12.1 Å². The fraction of sp³-hybridized carbons (Fsp3) is 0.355. The van der Waals surface area contributed by atoms with E-state index in [2.05, 4.69) is 10.3 Å². The number of carbonyl (C=O) groups excluding carboxylic acids is 2. The summed E-state index contributed by atoms with van der Waals surface area (Å²) in [5.41, 5.74) is 11.6. The Balaban J connectivity index is 1.43. The van der Waals surface area contributed by atoms with E-state index in [-0.39, 0.29) is 12.5 Å². The summed E-state index contributed by atoms with van der Waals surface area (Å²) in [6.45, 7) is 7.11. The molecule has 3 aromatic heterocycles. The van der Waals surface area contributed by atoms with Crippen LogP contribution in [-0.4, -0.2) is 50.3 Å². The lowest BCUT2D eigenvalue weighted by Gasteiger charge is -2.23. The van der Waals surface area contributed by atoms with E-state index >= 15 is 0 Å². The number of ether oxygens (including phenoxy) is 2. The van der Waals surface area contributed by atoms with Gasteiger partial charge in [-0.2, -0.15) is 0 Å². The second-order valence-corrected chi connectivity index (χ2v) is 11.5. The van der Waals surface area contributed by atoms with Crippen molar-refractivity contribution in [3.8, 4) is 11.1 Å². The third kappa shape index (κ3) is 4.93. The van der Waals surface area contributed by atoms with E-state index < -0.39 is 17.6 Å². The minimum absolute atomic E-state index is 0.0900. The van der Waals surface area contributed by atoms with Gasteiger partial charge in [0.2, 0.25) is 0 Å². The predicted molar refractivity (Wildman–Crippen MR) is 156 cm³/mol. The monoisotopic (exact) mass is 554 g/mol. The number of anilines is 2. The second-order valence-electron chi connectivity index (χ2n) is 11.5. The molecule has 10 nitrogen and oxygen atoms in total. The van der Waals surface area contributed by atoms with Crippen LogP contribution in [0.3, 0.4) is 0 Å². The summed E-state index contributed by atoms with van der Waals surface area (Å²) in [4.78, 5) is 37.5. The molecule has 1 fully saturated rings. The molecule has 41 heavy (non-hydrogen) atoms.